The van der Waals surface area contributed by atoms with Crippen LogP contribution in [0, 0.1) is 0 Å². The van der Waals surface area contributed by atoms with E-state index >= 15 is 0 Å². The molecule has 6 nitrogen and oxygen atoms in total. The van der Waals surface area contributed by atoms with Crippen LogP contribution < -0.4 is 9.80 Å². The number of benzene rings is 1. The van der Waals surface area contributed by atoms with Crippen molar-refractivity contribution in [2.45, 2.75) is 39.4 Å². The summed E-state index contributed by atoms with van der Waals surface area (Å²) < 4.78 is 16.1. The second kappa shape index (κ2) is 7.47. The number of methoxy groups -OCH3 is 1. The van der Waals surface area contributed by atoms with Gasteiger partial charge >= 0.3 is 5.97 Å². The topological polar surface area (TPSA) is 60.3 Å². The highest BCUT2D eigenvalue weighted by atomic mass is 16.8. The maximum atomic E-state index is 12.0. The molecule has 0 aromatic heterocycles. The molecule has 0 spiro atoms. The van der Waals surface area contributed by atoms with Crippen LogP contribution in [0.25, 0.3) is 0 Å². The highest BCUT2D eigenvalue weighted by Crippen LogP contribution is 2.34. The van der Waals surface area contributed by atoms with E-state index < -0.39 is 6.10 Å². The van der Waals surface area contributed by atoms with Crippen molar-refractivity contribution in [1.82, 2.24) is 0 Å². The van der Waals surface area contributed by atoms with Gasteiger partial charge in [-0.05, 0) is 38.5 Å². The third-order valence-electron chi connectivity index (χ3n) is 3.18. The molecule has 6 heteroatoms. The smallest absolute Gasteiger partial charge is 0.335 e. The number of rotatable bonds is 8. The van der Waals surface area contributed by atoms with Crippen molar-refractivity contribution in [2.75, 3.05) is 25.5 Å². The van der Waals surface area contributed by atoms with E-state index in [0.29, 0.717) is 19.8 Å². The highest BCUT2D eigenvalue weighted by molar-refractivity contribution is 5.75. The molecule has 1 aromatic rings. The lowest BCUT2D eigenvalue weighted by atomic mass is 10.1. The van der Waals surface area contributed by atoms with Crippen molar-refractivity contribution in [3.05, 3.63) is 23.8 Å². The first-order valence-electron chi connectivity index (χ1n) is 7.44. The third kappa shape index (κ3) is 4.35. The van der Waals surface area contributed by atoms with E-state index in [1.54, 1.807) is 19.1 Å². The van der Waals surface area contributed by atoms with Crippen molar-refractivity contribution in [1.29, 1.82) is 0 Å². The minimum absolute atomic E-state index is 0.0531. The minimum atomic E-state index is -0.615. The summed E-state index contributed by atoms with van der Waals surface area (Å²) in [6, 6.07) is 5.73. The fourth-order valence-corrected chi connectivity index (χ4v) is 2.19. The monoisotopic (exact) mass is 309 g/mol. The van der Waals surface area contributed by atoms with E-state index in [2.05, 4.69) is 0 Å². The lowest BCUT2D eigenvalue weighted by Crippen LogP contribution is -2.31. The fraction of sp³-hybridized carbons (Fsp3) is 0.562. The molecule has 122 valence electrons. The maximum absolute atomic E-state index is 12.0. The van der Waals surface area contributed by atoms with E-state index in [4.69, 9.17) is 19.0 Å². The molecule has 0 radical (unpaired) electrons. The Kier molecular flexibility index (Phi) is 5.63. The fourth-order valence-electron chi connectivity index (χ4n) is 2.19. The van der Waals surface area contributed by atoms with Gasteiger partial charge in [-0.1, -0.05) is 6.07 Å². The number of ether oxygens (including phenoxy) is 3. The SMILES string of the molecule is CCOC(=O)C(Cc1ccc(OC)c(N2CO2)c1)OC(C)C. The number of nitrogens with zero attached hydrogens (tertiary/aromatic N) is 1. The maximum Gasteiger partial charge on any atom is 0.335 e. The van der Waals surface area contributed by atoms with E-state index in [1.165, 1.54) is 0 Å². The molecule has 1 aliphatic rings. The number of carbonyl (C=O) groups excluding carboxylic acids is 1. The van der Waals surface area contributed by atoms with Crippen LogP contribution in [0.15, 0.2) is 18.2 Å². The van der Waals surface area contributed by atoms with Gasteiger partial charge in [0.1, 0.15) is 11.4 Å². The predicted octanol–water partition coefficient (Wildman–Crippen LogP) is 2.30. The molecular weight excluding hydrogens is 286 g/mol. The van der Waals surface area contributed by atoms with Gasteiger partial charge in [-0.2, -0.15) is 0 Å². The zero-order chi connectivity index (χ0) is 16.1. The second-order valence-electron chi connectivity index (χ2n) is 5.27. The molecule has 1 fully saturated rings. The highest BCUT2D eigenvalue weighted by Gasteiger charge is 2.26. The molecule has 1 heterocycles. The minimum Gasteiger partial charge on any atom is -0.494 e. The Bertz CT molecular complexity index is 513. The lowest BCUT2D eigenvalue weighted by molar-refractivity contribution is -0.159. The first kappa shape index (κ1) is 16.6. The summed E-state index contributed by atoms with van der Waals surface area (Å²) in [6.45, 7) is 6.47. The standard InChI is InChI=1S/C16H23NO5/c1-5-20-16(18)15(22-11(2)3)9-12-6-7-14(19-4)13(8-12)17-10-21-17/h6-8,11,15H,5,9-10H2,1-4H3. The number of hydrogen-bond acceptors (Lipinski definition) is 6. The Morgan fingerprint density at radius 3 is 2.68 bits per heavy atom. The molecule has 1 atom stereocenters. The van der Waals surface area contributed by atoms with Crippen molar-refractivity contribution in [2.24, 2.45) is 0 Å². The normalized spacial score (nSPS) is 14.9. The molecule has 0 bridgehead atoms. The first-order valence-corrected chi connectivity index (χ1v) is 7.44. The number of hydrogen-bond donors (Lipinski definition) is 0. The van der Waals surface area contributed by atoms with Gasteiger partial charge in [0, 0.05) is 6.42 Å². The quantitative estimate of drug-likeness (QED) is 0.542. The summed E-state index contributed by atoms with van der Waals surface area (Å²) in [5, 5.41) is 1.73. The summed E-state index contributed by atoms with van der Waals surface area (Å²) in [5.41, 5.74) is 1.82. The van der Waals surface area contributed by atoms with E-state index in [-0.39, 0.29) is 12.1 Å². The van der Waals surface area contributed by atoms with Crippen LogP contribution >= 0.6 is 0 Å². The van der Waals surface area contributed by atoms with Gasteiger partial charge in [0.15, 0.2) is 12.8 Å². The molecule has 22 heavy (non-hydrogen) atoms. The molecule has 2 rings (SSSR count). The Labute approximate surface area is 130 Å². The number of anilines is 1. The molecular formula is C16H23NO5. The lowest BCUT2D eigenvalue weighted by Gasteiger charge is -2.19. The van der Waals surface area contributed by atoms with Crippen molar-refractivity contribution in [3.8, 4) is 5.75 Å². The van der Waals surface area contributed by atoms with Crippen LogP contribution in [0.5, 0.6) is 5.75 Å². The summed E-state index contributed by atoms with van der Waals surface area (Å²) in [5.74, 6) is 0.398. The average molecular weight is 309 g/mol. The summed E-state index contributed by atoms with van der Waals surface area (Å²) in [6.07, 6.45) is -0.221. The third-order valence-corrected chi connectivity index (χ3v) is 3.18. The van der Waals surface area contributed by atoms with Crippen LogP contribution in [-0.4, -0.2) is 38.6 Å². The molecule has 1 aliphatic heterocycles. The predicted molar refractivity (Wildman–Crippen MR) is 81.8 cm³/mol. The Morgan fingerprint density at radius 1 is 1.41 bits per heavy atom. The molecule has 0 amide bonds. The molecule has 0 aliphatic carbocycles. The summed E-state index contributed by atoms with van der Waals surface area (Å²) >= 11 is 0. The van der Waals surface area contributed by atoms with Crippen molar-refractivity contribution >= 4 is 11.7 Å². The van der Waals surface area contributed by atoms with Crippen LogP contribution in [0.2, 0.25) is 0 Å². The number of hydroxylamine groups is 1. The van der Waals surface area contributed by atoms with Gasteiger partial charge in [-0.25, -0.2) is 14.7 Å². The summed E-state index contributed by atoms with van der Waals surface area (Å²) in [4.78, 5) is 17.2. The van der Waals surface area contributed by atoms with Crippen molar-refractivity contribution in [3.63, 3.8) is 0 Å². The Balaban J connectivity index is 2.14. The van der Waals surface area contributed by atoms with E-state index in [1.807, 2.05) is 32.0 Å². The van der Waals surface area contributed by atoms with Gasteiger partial charge in [0.25, 0.3) is 0 Å². The zero-order valence-corrected chi connectivity index (χ0v) is 13.5. The molecule has 1 saturated heterocycles. The summed E-state index contributed by atoms with van der Waals surface area (Å²) in [7, 11) is 1.62. The molecule has 1 unspecified atom stereocenters. The molecule has 1 aromatic carbocycles. The van der Waals surface area contributed by atoms with Gasteiger partial charge in [0.2, 0.25) is 0 Å². The average Bonchev–Trinajstić information content (AvgIpc) is 3.31. The Morgan fingerprint density at radius 2 is 2.14 bits per heavy atom. The van der Waals surface area contributed by atoms with Gasteiger partial charge in [-0.3, -0.25) is 0 Å². The van der Waals surface area contributed by atoms with Crippen LogP contribution in [0.1, 0.15) is 26.3 Å². The zero-order valence-electron chi connectivity index (χ0n) is 13.5. The number of carbonyl (C=O) groups is 1. The van der Waals surface area contributed by atoms with Gasteiger partial charge in [0.05, 0.1) is 19.8 Å². The van der Waals surface area contributed by atoms with Crippen LogP contribution in [0.4, 0.5) is 5.69 Å². The largest absolute Gasteiger partial charge is 0.494 e. The molecule has 0 saturated carbocycles. The number of esters is 1. The van der Waals surface area contributed by atoms with Crippen molar-refractivity contribution < 1.29 is 23.8 Å². The van der Waals surface area contributed by atoms with Crippen LogP contribution in [-0.2, 0) is 25.5 Å². The van der Waals surface area contributed by atoms with Crippen LogP contribution in [0.3, 0.4) is 0 Å². The van der Waals surface area contributed by atoms with Gasteiger partial charge in [-0.15, -0.1) is 0 Å². The van der Waals surface area contributed by atoms with E-state index in [0.717, 1.165) is 17.0 Å². The van der Waals surface area contributed by atoms with E-state index in [9.17, 15) is 4.79 Å². The first-order chi connectivity index (χ1) is 10.5. The molecule has 0 N–H and O–H groups in total. The second-order valence-corrected chi connectivity index (χ2v) is 5.27. The van der Waals surface area contributed by atoms with Gasteiger partial charge < -0.3 is 14.2 Å². The Hall–Kier alpha value is -1.79.